The lowest BCUT2D eigenvalue weighted by atomic mass is 10.0. The summed E-state index contributed by atoms with van der Waals surface area (Å²) in [6.07, 6.45) is 0.519. The summed E-state index contributed by atoms with van der Waals surface area (Å²) in [5.41, 5.74) is 1.09. The summed E-state index contributed by atoms with van der Waals surface area (Å²) in [6, 6.07) is 7.24. The maximum Gasteiger partial charge on any atom is 0.115 e. The second kappa shape index (κ2) is 7.56. The molecule has 0 unspecified atom stereocenters. The van der Waals surface area contributed by atoms with E-state index in [4.69, 9.17) is 0 Å². The van der Waals surface area contributed by atoms with Gasteiger partial charge in [0.15, 0.2) is 0 Å². The number of benzene rings is 1. The summed E-state index contributed by atoms with van der Waals surface area (Å²) in [5.74, 6) is 0.257. The van der Waals surface area contributed by atoms with E-state index >= 15 is 0 Å². The van der Waals surface area contributed by atoms with Crippen LogP contribution in [0.25, 0.3) is 0 Å². The number of aromatic hydroxyl groups is 1. The van der Waals surface area contributed by atoms with Gasteiger partial charge < -0.3 is 10.4 Å². The zero-order chi connectivity index (χ0) is 12.1. The van der Waals surface area contributed by atoms with Crippen molar-refractivity contribution in [3.63, 3.8) is 0 Å². The van der Waals surface area contributed by atoms with E-state index in [0.717, 1.165) is 31.7 Å². The number of hydrogen-bond donors (Lipinski definition) is 2. The molecule has 2 N–H and O–H groups in total. The fraction of sp³-hybridized carbons (Fsp3) is 0.538. The Morgan fingerprint density at radius 3 is 2.39 bits per heavy atom. The molecule has 1 aliphatic heterocycles. The molecule has 2 rings (SSSR count). The van der Waals surface area contributed by atoms with E-state index in [-0.39, 0.29) is 30.9 Å². The molecule has 0 aromatic heterocycles. The highest BCUT2D eigenvalue weighted by atomic mass is 35.5. The van der Waals surface area contributed by atoms with Crippen LogP contribution in [0.5, 0.6) is 5.75 Å². The number of rotatable bonds is 4. The fourth-order valence-corrected chi connectivity index (χ4v) is 2.35. The van der Waals surface area contributed by atoms with Crippen LogP contribution in [-0.4, -0.2) is 42.9 Å². The van der Waals surface area contributed by atoms with Gasteiger partial charge in [-0.1, -0.05) is 12.1 Å². The van der Waals surface area contributed by atoms with Crippen LogP contribution >= 0.6 is 12.4 Å². The summed E-state index contributed by atoms with van der Waals surface area (Å²) in [4.78, 5) is 2.31. The summed E-state index contributed by atoms with van der Waals surface area (Å²) < 4.78 is 12.7. The topological polar surface area (TPSA) is 35.5 Å². The number of nitrogens with one attached hydrogen (secondary N) is 1. The molecule has 1 aliphatic rings. The molecule has 1 fully saturated rings. The number of alkyl halides is 1. The number of phenolic OH excluding ortho intramolecular Hbond substituents is 1. The minimum absolute atomic E-state index is 0. The highest BCUT2D eigenvalue weighted by Crippen LogP contribution is 2.26. The largest absolute Gasteiger partial charge is 0.508 e. The first-order chi connectivity index (χ1) is 8.31. The van der Waals surface area contributed by atoms with Crippen LogP contribution in [-0.2, 0) is 0 Å². The lowest BCUT2D eigenvalue weighted by Gasteiger charge is -2.34. The lowest BCUT2D eigenvalue weighted by molar-refractivity contribution is 0.157. The van der Waals surface area contributed by atoms with Crippen LogP contribution in [0, 0.1) is 0 Å². The van der Waals surface area contributed by atoms with Crippen molar-refractivity contribution in [2.75, 3.05) is 32.9 Å². The molecule has 0 spiro atoms. The highest BCUT2D eigenvalue weighted by Gasteiger charge is 2.21. The van der Waals surface area contributed by atoms with Gasteiger partial charge in [0.1, 0.15) is 5.75 Å². The number of hydrogen-bond acceptors (Lipinski definition) is 3. The zero-order valence-electron chi connectivity index (χ0n) is 10.3. The van der Waals surface area contributed by atoms with E-state index in [1.165, 1.54) is 0 Å². The maximum atomic E-state index is 12.7. The number of phenols is 1. The standard InChI is InChI=1S/C13H19FN2O.ClH/c14-6-5-13(16-9-7-15-8-10-16)11-1-3-12(17)4-2-11;/h1-4,13,15,17H,5-10H2;1H/t13-;/m0./s1. The minimum Gasteiger partial charge on any atom is -0.508 e. The Hall–Kier alpha value is -0.840. The first-order valence-corrected chi connectivity index (χ1v) is 6.11. The van der Waals surface area contributed by atoms with Crippen molar-refractivity contribution in [1.29, 1.82) is 0 Å². The van der Waals surface area contributed by atoms with Crippen molar-refractivity contribution < 1.29 is 9.50 Å². The number of halogens is 2. The van der Waals surface area contributed by atoms with Gasteiger partial charge in [-0.25, -0.2) is 0 Å². The van der Waals surface area contributed by atoms with Crippen molar-refractivity contribution >= 4 is 12.4 Å². The van der Waals surface area contributed by atoms with E-state index < -0.39 is 0 Å². The van der Waals surface area contributed by atoms with Gasteiger partial charge in [0.25, 0.3) is 0 Å². The van der Waals surface area contributed by atoms with E-state index in [1.54, 1.807) is 12.1 Å². The van der Waals surface area contributed by atoms with E-state index in [1.807, 2.05) is 12.1 Å². The van der Waals surface area contributed by atoms with Crippen molar-refractivity contribution in [1.82, 2.24) is 10.2 Å². The molecule has 1 saturated heterocycles. The molecule has 5 heteroatoms. The molecule has 1 atom stereocenters. The Labute approximate surface area is 113 Å². The Bertz CT molecular complexity index is 341. The molecule has 1 aromatic carbocycles. The summed E-state index contributed by atoms with van der Waals surface area (Å²) >= 11 is 0. The molecule has 18 heavy (non-hydrogen) atoms. The average Bonchev–Trinajstić information content (AvgIpc) is 2.38. The molecule has 0 radical (unpaired) electrons. The van der Waals surface area contributed by atoms with Gasteiger partial charge in [0.2, 0.25) is 0 Å². The third-order valence-electron chi connectivity index (χ3n) is 3.25. The van der Waals surface area contributed by atoms with Crippen LogP contribution in [0.2, 0.25) is 0 Å². The van der Waals surface area contributed by atoms with Crippen molar-refractivity contribution in [3.8, 4) is 5.75 Å². The van der Waals surface area contributed by atoms with Crippen LogP contribution in [0.4, 0.5) is 4.39 Å². The average molecular weight is 275 g/mol. The van der Waals surface area contributed by atoms with Crippen LogP contribution < -0.4 is 5.32 Å². The minimum atomic E-state index is -0.310. The molecule has 1 heterocycles. The maximum absolute atomic E-state index is 12.7. The third kappa shape index (κ3) is 3.83. The predicted octanol–water partition coefficient (Wildman–Crippen LogP) is 2.12. The van der Waals surface area contributed by atoms with E-state index in [0.29, 0.717) is 6.42 Å². The quantitative estimate of drug-likeness (QED) is 0.883. The van der Waals surface area contributed by atoms with Gasteiger partial charge >= 0.3 is 0 Å². The van der Waals surface area contributed by atoms with Gasteiger partial charge in [-0.15, -0.1) is 12.4 Å². The Balaban J connectivity index is 0.00000162. The molecular weight excluding hydrogens is 255 g/mol. The predicted molar refractivity (Wildman–Crippen MR) is 73.1 cm³/mol. The molecule has 3 nitrogen and oxygen atoms in total. The molecule has 0 aliphatic carbocycles. The first-order valence-electron chi connectivity index (χ1n) is 6.11. The molecule has 0 bridgehead atoms. The van der Waals surface area contributed by atoms with Crippen LogP contribution in [0.3, 0.4) is 0 Å². The number of nitrogens with zero attached hydrogens (tertiary/aromatic N) is 1. The second-order valence-corrected chi connectivity index (χ2v) is 4.37. The molecule has 102 valence electrons. The third-order valence-corrected chi connectivity index (χ3v) is 3.25. The number of piperazine rings is 1. The van der Waals surface area contributed by atoms with Crippen molar-refractivity contribution in [2.24, 2.45) is 0 Å². The summed E-state index contributed by atoms with van der Waals surface area (Å²) in [7, 11) is 0. The van der Waals surface area contributed by atoms with Gasteiger partial charge in [-0.05, 0) is 24.1 Å². The van der Waals surface area contributed by atoms with Gasteiger partial charge in [0, 0.05) is 32.2 Å². The molecule has 0 saturated carbocycles. The van der Waals surface area contributed by atoms with Crippen molar-refractivity contribution in [3.05, 3.63) is 29.8 Å². The van der Waals surface area contributed by atoms with E-state index in [9.17, 15) is 9.50 Å². The first kappa shape index (κ1) is 15.2. The Morgan fingerprint density at radius 2 is 1.83 bits per heavy atom. The molecule has 0 amide bonds. The molecular formula is C13H20ClFN2O. The molecule has 1 aromatic rings. The smallest absolute Gasteiger partial charge is 0.115 e. The second-order valence-electron chi connectivity index (χ2n) is 4.37. The van der Waals surface area contributed by atoms with Gasteiger partial charge in [-0.3, -0.25) is 9.29 Å². The van der Waals surface area contributed by atoms with Crippen LogP contribution in [0.1, 0.15) is 18.0 Å². The monoisotopic (exact) mass is 274 g/mol. The summed E-state index contributed by atoms with van der Waals surface area (Å²) in [6.45, 7) is 3.51. The SMILES string of the molecule is Cl.Oc1ccc([C@H](CCF)N2CCNCC2)cc1. The Kier molecular flexibility index (Phi) is 6.39. The van der Waals surface area contributed by atoms with E-state index in [2.05, 4.69) is 10.2 Å². The lowest BCUT2D eigenvalue weighted by Crippen LogP contribution is -2.45. The normalized spacial score (nSPS) is 18.1. The van der Waals surface area contributed by atoms with Gasteiger partial charge in [0.05, 0.1) is 6.67 Å². The summed E-state index contributed by atoms with van der Waals surface area (Å²) in [5, 5.41) is 12.6. The fourth-order valence-electron chi connectivity index (χ4n) is 2.35. The van der Waals surface area contributed by atoms with Crippen molar-refractivity contribution in [2.45, 2.75) is 12.5 Å². The van der Waals surface area contributed by atoms with Crippen LogP contribution in [0.15, 0.2) is 24.3 Å². The zero-order valence-corrected chi connectivity index (χ0v) is 11.1. The highest BCUT2D eigenvalue weighted by molar-refractivity contribution is 5.85. The Morgan fingerprint density at radius 1 is 1.22 bits per heavy atom. The van der Waals surface area contributed by atoms with Gasteiger partial charge in [-0.2, -0.15) is 0 Å².